The second kappa shape index (κ2) is 8.68. The van der Waals surface area contributed by atoms with Crippen molar-refractivity contribution in [1.82, 2.24) is 5.01 Å². The number of hydrazone groups is 1. The first-order valence-corrected chi connectivity index (χ1v) is 12.8. The molecule has 7 rings (SSSR count). The highest BCUT2D eigenvalue weighted by Gasteiger charge is 2.67. The predicted molar refractivity (Wildman–Crippen MR) is 137 cm³/mol. The molecule has 1 saturated heterocycles. The van der Waals surface area contributed by atoms with Gasteiger partial charge < -0.3 is 9.47 Å². The minimum atomic E-state index is -0.447. The zero-order chi connectivity index (χ0) is 25.1. The standard InChI is InChI=1S/C26H22IN3O6/c1-35-21-9-14(8-20(27)24(21)36-12-13-2-4-15(5-3-13)30(33)34)11-28-29-25(31)22-16-6-7-17(19-10-18(16)19)23(22)26(29)32/h2-9,11,16-19,22-23H,10,12H2,1H3/b28-11-/t16-,17-,18-,19+,22-,23+/m0/s1. The van der Waals surface area contributed by atoms with Crippen LogP contribution in [0.4, 0.5) is 5.69 Å². The van der Waals surface area contributed by atoms with E-state index in [9.17, 15) is 19.7 Å². The maximum absolute atomic E-state index is 13.1. The number of allylic oxidation sites excluding steroid dienone is 2. The second-order valence-electron chi connectivity index (χ2n) is 9.63. The van der Waals surface area contributed by atoms with Crippen LogP contribution in [0.1, 0.15) is 17.5 Å². The molecule has 0 aromatic heterocycles. The molecule has 1 aliphatic heterocycles. The van der Waals surface area contributed by atoms with E-state index in [2.05, 4.69) is 39.8 Å². The van der Waals surface area contributed by atoms with Crippen LogP contribution in [0.2, 0.25) is 0 Å². The molecular weight excluding hydrogens is 577 g/mol. The van der Waals surface area contributed by atoms with Crippen LogP contribution in [0.15, 0.2) is 53.7 Å². The quantitative estimate of drug-likeness (QED) is 0.118. The zero-order valence-corrected chi connectivity index (χ0v) is 21.4. The number of non-ortho nitro benzene ring substituents is 1. The first kappa shape index (κ1) is 23.1. The summed E-state index contributed by atoms with van der Waals surface area (Å²) in [6.45, 7) is 0.204. The number of rotatable bonds is 7. The Morgan fingerprint density at radius 3 is 2.33 bits per heavy atom. The first-order chi connectivity index (χ1) is 17.4. The molecule has 2 amide bonds. The fraction of sp³-hybridized carbons (Fsp3) is 0.346. The molecule has 0 unspecified atom stereocenters. The number of carbonyl (C=O) groups excluding carboxylic acids is 2. The summed E-state index contributed by atoms with van der Waals surface area (Å²) in [4.78, 5) is 36.6. The molecule has 5 aliphatic rings. The van der Waals surface area contributed by atoms with Gasteiger partial charge in [-0.15, -0.1) is 0 Å². The topological polar surface area (TPSA) is 111 Å². The van der Waals surface area contributed by atoms with Crippen molar-refractivity contribution in [2.45, 2.75) is 13.0 Å². The van der Waals surface area contributed by atoms with Gasteiger partial charge in [-0.1, -0.05) is 12.2 Å². The normalized spacial score (nSPS) is 29.4. The lowest BCUT2D eigenvalue weighted by Gasteiger charge is -2.37. The van der Waals surface area contributed by atoms with Crippen molar-refractivity contribution in [3.63, 3.8) is 0 Å². The smallest absolute Gasteiger partial charge is 0.269 e. The van der Waals surface area contributed by atoms with Crippen LogP contribution in [0.25, 0.3) is 0 Å². The number of nitro benzene ring substituents is 1. The van der Waals surface area contributed by atoms with Gasteiger partial charge in [-0.3, -0.25) is 19.7 Å². The Labute approximate surface area is 220 Å². The van der Waals surface area contributed by atoms with Crippen molar-refractivity contribution in [3.8, 4) is 11.5 Å². The molecule has 2 aromatic carbocycles. The molecule has 10 heteroatoms. The summed E-state index contributed by atoms with van der Waals surface area (Å²) >= 11 is 2.12. The van der Waals surface area contributed by atoms with E-state index < -0.39 is 4.92 Å². The summed E-state index contributed by atoms with van der Waals surface area (Å²) in [5.74, 6) is 1.46. The van der Waals surface area contributed by atoms with Crippen molar-refractivity contribution in [2.24, 2.45) is 40.6 Å². The third-order valence-electron chi connectivity index (χ3n) is 7.74. The van der Waals surface area contributed by atoms with E-state index in [4.69, 9.17) is 9.47 Å². The molecule has 4 aliphatic carbocycles. The van der Waals surface area contributed by atoms with Crippen LogP contribution in [0.5, 0.6) is 11.5 Å². The Morgan fingerprint density at radius 1 is 1.11 bits per heavy atom. The minimum absolute atomic E-state index is 0.0180. The molecule has 36 heavy (non-hydrogen) atoms. The fourth-order valence-electron chi connectivity index (χ4n) is 6.00. The number of halogens is 1. The predicted octanol–water partition coefficient (Wildman–Crippen LogP) is 4.17. The first-order valence-electron chi connectivity index (χ1n) is 11.7. The van der Waals surface area contributed by atoms with E-state index in [1.807, 2.05) is 6.07 Å². The van der Waals surface area contributed by atoms with Crippen LogP contribution in [0, 0.1) is 49.2 Å². The molecule has 6 atom stereocenters. The van der Waals surface area contributed by atoms with E-state index in [1.165, 1.54) is 25.5 Å². The molecule has 1 heterocycles. The third kappa shape index (κ3) is 3.69. The van der Waals surface area contributed by atoms with Crippen molar-refractivity contribution in [1.29, 1.82) is 0 Å². The number of ether oxygens (including phenoxy) is 2. The highest BCUT2D eigenvalue weighted by molar-refractivity contribution is 14.1. The number of imide groups is 1. The second-order valence-corrected chi connectivity index (χ2v) is 10.8. The van der Waals surface area contributed by atoms with Crippen molar-refractivity contribution < 1.29 is 24.0 Å². The molecule has 3 fully saturated rings. The van der Waals surface area contributed by atoms with E-state index in [1.54, 1.807) is 18.2 Å². The van der Waals surface area contributed by atoms with E-state index >= 15 is 0 Å². The van der Waals surface area contributed by atoms with Crippen LogP contribution < -0.4 is 9.47 Å². The highest BCUT2D eigenvalue weighted by atomic mass is 127. The van der Waals surface area contributed by atoms with E-state index in [0.29, 0.717) is 28.9 Å². The van der Waals surface area contributed by atoms with Gasteiger partial charge in [0.1, 0.15) is 6.61 Å². The van der Waals surface area contributed by atoms with Gasteiger partial charge in [0, 0.05) is 12.1 Å². The number of nitrogens with zero attached hydrogens (tertiary/aromatic N) is 3. The minimum Gasteiger partial charge on any atom is -0.493 e. The number of benzene rings is 2. The largest absolute Gasteiger partial charge is 0.493 e. The Hall–Kier alpha value is -3.28. The molecule has 0 spiro atoms. The van der Waals surface area contributed by atoms with Gasteiger partial charge in [0.05, 0.1) is 33.7 Å². The van der Waals surface area contributed by atoms with Gasteiger partial charge in [-0.25, -0.2) is 0 Å². The lowest BCUT2D eigenvalue weighted by atomic mass is 9.63. The van der Waals surface area contributed by atoms with Crippen LogP contribution >= 0.6 is 22.6 Å². The van der Waals surface area contributed by atoms with Crippen LogP contribution in [0.3, 0.4) is 0 Å². The summed E-state index contributed by atoms with van der Waals surface area (Å²) in [6.07, 6.45) is 6.91. The van der Waals surface area contributed by atoms with Crippen molar-refractivity contribution in [2.75, 3.05) is 7.11 Å². The highest BCUT2D eigenvalue weighted by Crippen LogP contribution is 2.65. The Balaban J connectivity index is 1.18. The summed E-state index contributed by atoms with van der Waals surface area (Å²) in [5.41, 5.74) is 1.46. The summed E-state index contributed by atoms with van der Waals surface area (Å²) in [7, 11) is 1.53. The summed E-state index contributed by atoms with van der Waals surface area (Å²) in [6, 6.07) is 9.71. The van der Waals surface area contributed by atoms with Gasteiger partial charge in [-0.2, -0.15) is 10.1 Å². The summed E-state index contributed by atoms with van der Waals surface area (Å²) < 4.78 is 12.2. The molecule has 0 N–H and O–H groups in total. The number of methoxy groups -OCH3 is 1. The Morgan fingerprint density at radius 2 is 1.75 bits per heavy atom. The van der Waals surface area contributed by atoms with Gasteiger partial charge in [0.25, 0.3) is 17.5 Å². The van der Waals surface area contributed by atoms with E-state index in [0.717, 1.165) is 20.6 Å². The fourth-order valence-corrected chi connectivity index (χ4v) is 6.78. The lowest BCUT2D eigenvalue weighted by Crippen LogP contribution is -2.40. The molecule has 9 nitrogen and oxygen atoms in total. The van der Waals surface area contributed by atoms with Crippen LogP contribution in [-0.4, -0.2) is 35.1 Å². The number of hydrogen-bond donors (Lipinski definition) is 0. The maximum atomic E-state index is 13.1. The Kier molecular flexibility index (Phi) is 5.58. The Bertz CT molecular complexity index is 1300. The molecule has 2 bridgehead atoms. The average molecular weight is 599 g/mol. The summed E-state index contributed by atoms with van der Waals surface area (Å²) in [5, 5.41) is 16.2. The SMILES string of the molecule is COc1cc(/C=N\N2C(=O)[C@@H]3[C@H]4C=C[C@@H]([C@@H]5C[C@H]45)[C@@H]3C2=O)cc(I)c1OCc1ccc([N+](=O)[O-])cc1. The molecule has 0 radical (unpaired) electrons. The van der Waals surface area contributed by atoms with Gasteiger partial charge in [-0.05, 0) is 88.1 Å². The number of amides is 2. The number of nitro groups is 1. The zero-order valence-electron chi connectivity index (χ0n) is 19.2. The van der Waals surface area contributed by atoms with Gasteiger partial charge in [0.2, 0.25) is 0 Å². The van der Waals surface area contributed by atoms with E-state index in [-0.39, 0.29) is 47.8 Å². The third-order valence-corrected chi connectivity index (χ3v) is 8.55. The molecule has 2 saturated carbocycles. The monoisotopic (exact) mass is 599 g/mol. The molecule has 2 aromatic rings. The lowest BCUT2D eigenvalue weighted by molar-refractivity contribution is -0.384. The van der Waals surface area contributed by atoms with Crippen molar-refractivity contribution >= 4 is 46.3 Å². The van der Waals surface area contributed by atoms with Crippen LogP contribution in [-0.2, 0) is 16.2 Å². The van der Waals surface area contributed by atoms with Gasteiger partial charge >= 0.3 is 0 Å². The number of carbonyl (C=O) groups is 2. The van der Waals surface area contributed by atoms with Gasteiger partial charge in [0.15, 0.2) is 11.5 Å². The average Bonchev–Trinajstić information content (AvgIpc) is 3.66. The molecular formula is C26H22IN3O6. The maximum Gasteiger partial charge on any atom is 0.269 e. The number of hydrogen-bond acceptors (Lipinski definition) is 7. The van der Waals surface area contributed by atoms with Crippen molar-refractivity contribution in [3.05, 3.63) is 73.4 Å². The molecule has 184 valence electrons.